The first-order chi connectivity index (χ1) is 12.5. The highest BCUT2D eigenvalue weighted by molar-refractivity contribution is 14.0. The van der Waals surface area contributed by atoms with Crippen LogP contribution in [0.25, 0.3) is 0 Å². The van der Waals surface area contributed by atoms with Crippen molar-refractivity contribution in [2.75, 3.05) is 20.2 Å². The number of guanidine groups is 1. The molecule has 0 aliphatic rings. The van der Waals surface area contributed by atoms with E-state index in [1.54, 1.807) is 19.3 Å². The Hall–Kier alpha value is -2.11. The van der Waals surface area contributed by atoms with Gasteiger partial charge in [0.15, 0.2) is 12.6 Å². The molecule has 0 unspecified atom stereocenters. The summed E-state index contributed by atoms with van der Waals surface area (Å²) in [6, 6.07) is 8.80. The van der Waals surface area contributed by atoms with Crippen LogP contribution in [0.4, 0.5) is 13.2 Å². The lowest BCUT2D eigenvalue weighted by molar-refractivity contribution is -0.154. The van der Waals surface area contributed by atoms with Crippen molar-refractivity contribution in [3.63, 3.8) is 0 Å². The summed E-state index contributed by atoms with van der Waals surface area (Å²) in [5.74, 6) is 0.544. The molecule has 2 rings (SSSR count). The zero-order valence-corrected chi connectivity index (χ0v) is 17.0. The van der Waals surface area contributed by atoms with Crippen LogP contribution >= 0.6 is 24.0 Å². The van der Waals surface area contributed by atoms with Crippen molar-refractivity contribution in [2.24, 2.45) is 4.99 Å². The highest BCUT2D eigenvalue weighted by Gasteiger charge is 2.28. The molecule has 0 aromatic carbocycles. The number of halogens is 4. The minimum Gasteiger partial charge on any atom is -0.468 e. The fraction of sp³-hybridized carbons (Fsp3) is 0.353. The molecule has 27 heavy (non-hydrogen) atoms. The molecule has 2 aromatic rings. The summed E-state index contributed by atoms with van der Waals surface area (Å²) in [5.41, 5.74) is 1.77. The molecule has 0 aliphatic heterocycles. The SMILES string of the molecule is CN=C(NCCc1ccccn1)NCc1ccc(OCC(F)(F)F)nc1.I. The van der Waals surface area contributed by atoms with Gasteiger partial charge in [0, 0.05) is 50.7 Å². The van der Waals surface area contributed by atoms with Crippen LogP contribution in [-0.4, -0.2) is 42.3 Å². The second-order valence-electron chi connectivity index (χ2n) is 5.33. The van der Waals surface area contributed by atoms with E-state index in [0.29, 0.717) is 19.0 Å². The molecule has 148 valence electrons. The van der Waals surface area contributed by atoms with Gasteiger partial charge in [-0.05, 0) is 17.7 Å². The molecule has 0 spiro atoms. The normalized spacial score (nSPS) is 11.5. The molecule has 2 aromatic heterocycles. The number of alkyl halides is 3. The topological polar surface area (TPSA) is 71.4 Å². The minimum absolute atomic E-state index is 0. The Morgan fingerprint density at radius 1 is 1.15 bits per heavy atom. The van der Waals surface area contributed by atoms with E-state index in [0.717, 1.165) is 17.7 Å². The first-order valence-corrected chi connectivity index (χ1v) is 7.95. The van der Waals surface area contributed by atoms with Gasteiger partial charge in [-0.15, -0.1) is 24.0 Å². The predicted molar refractivity (Wildman–Crippen MR) is 107 cm³/mol. The maximum Gasteiger partial charge on any atom is 0.422 e. The van der Waals surface area contributed by atoms with Gasteiger partial charge in [0.2, 0.25) is 5.88 Å². The Morgan fingerprint density at radius 2 is 1.96 bits per heavy atom. The van der Waals surface area contributed by atoms with E-state index in [1.807, 2.05) is 18.2 Å². The van der Waals surface area contributed by atoms with Crippen LogP contribution in [-0.2, 0) is 13.0 Å². The smallest absolute Gasteiger partial charge is 0.422 e. The third-order valence-corrected chi connectivity index (χ3v) is 3.26. The molecule has 0 radical (unpaired) electrons. The van der Waals surface area contributed by atoms with Gasteiger partial charge >= 0.3 is 6.18 Å². The van der Waals surface area contributed by atoms with Gasteiger partial charge in [-0.2, -0.15) is 13.2 Å². The van der Waals surface area contributed by atoms with Crippen molar-refractivity contribution in [1.82, 2.24) is 20.6 Å². The van der Waals surface area contributed by atoms with Crippen LogP contribution in [0, 0.1) is 0 Å². The number of aliphatic imine (C=N–C) groups is 1. The van der Waals surface area contributed by atoms with Crippen molar-refractivity contribution in [1.29, 1.82) is 0 Å². The summed E-state index contributed by atoms with van der Waals surface area (Å²) in [6.45, 7) is -0.264. The number of pyridine rings is 2. The fourth-order valence-electron chi connectivity index (χ4n) is 2.02. The Bertz CT molecular complexity index is 696. The number of hydrogen-bond donors (Lipinski definition) is 2. The summed E-state index contributed by atoms with van der Waals surface area (Å²) < 4.78 is 40.8. The van der Waals surface area contributed by atoms with Crippen molar-refractivity contribution in [3.05, 3.63) is 54.0 Å². The largest absolute Gasteiger partial charge is 0.468 e. The molecular formula is C17H21F3IN5O. The van der Waals surface area contributed by atoms with Gasteiger partial charge in [-0.1, -0.05) is 12.1 Å². The molecule has 2 heterocycles. The van der Waals surface area contributed by atoms with Crippen molar-refractivity contribution in [3.8, 4) is 5.88 Å². The number of nitrogens with one attached hydrogen (secondary N) is 2. The number of nitrogens with zero attached hydrogens (tertiary/aromatic N) is 3. The first-order valence-electron chi connectivity index (χ1n) is 7.95. The molecule has 0 bridgehead atoms. The van der Waals surface area contributed by atoms with E-state index < -0.39 is 12.8 Å². The molecule has 0 fully saturated rings. The van der Waals surface area contributed by atoms with Gasteiger partial charge in [-0.3, -0.25) is 9.98 Å². The van der Waals surface area contributed by atoms with Gasteiger partial charge in [0.25, 0.3) is 0 Å². The molecule has 0 amide bonds. The highest BCUT2D eigenvalue weighted by Crippen LogP contribution is 2.16. The van der Waals surface area contributed by atoms with Gasteiger partial charge in [0.05, 0.1) is 0 Å². The zero-order chi connectivity index (χ0) is 18.8. The quantitative estimate of drug-likeness (QED) is 0.351. The van der Waals surface area contributed by atoms with Crippen molar-refractivity contribution in [2.45, 2.75) is 19.1 Å². The lowest BCUT2D eigenvalue weighted by Crippen LogP contribution is -2.37. The van der Waals surface area contributed by atoms with Gasteiger partial charge < -0.3 is 15.4 Å². The lowest BCUT2D eigenvalue weighted by Gasteiger charge is -2.12. The third-order valence-electron chi connectivity index (χ3n) is 3.26. The Morgan fingerprint density at radius 3 is 2.56 bits per heavy atom. The standard InChI is InChI=1S/C17H20F3N5O.HI/c1-21-16(23-9-7-14-4-2-3-8-22-14)25-11-13-5-6-15(24-10-13)26-12-17(18,19)20;/h2-6,8,10H,7,9,11-12H2,1H3,(H2,21,23,25);1H. The van der Waals surface area contributed by atoms with Crippen LogP contribution in [0.5, 0.6) is 5.88 Å². The summed E-state index contributed by atoms with van der Waals surface area (Å²) in [5, 5.41) is 6.27. The van der Waals surface area contributed by atoms with Crippen LogP contribution in [0.15, 0.2) is 47.7 Å². The van der Waals surface area contributed by atoms with Crippen LogP contribution in [0.2, 0.25) is 0 Å². The predicted octanol–water partition coefficient (Wildman–Crippen LogP) is 2.94. The molecule has 0 atom stereocenters. The van der Waals surface area contributed by atoms with Crippen molar-refractivity contribution >= 4 is 29.9 Å². The molecule has 6 nitrogen and oxygen atoms in total. The second-order valence-corrected chi connectivity index (χ2v) is 5.33. The highest BCUT2D eigenvalue weighted by atomic mass is 127. The Balaban J connectivity index is 0.00000364. The minimum atomic E-state index is -4.38. The van der Waals surface area contributed by atoms with Crippen LogP contribution < -0.4 is 15.4 Å². The van der Waals surface area contributed by atoms with E-state index in [4.69, 9.17) is 0 Å². The first kappa shape index (κ1) is 22.9. The number of hydrogen-bond acceptors (Lipinski definition) is 4. The Labute approximate surface area is 172 Å². The average molecular weight is 495 g/mol. The lowest BCUT2D eigenvalue weighted by atomic mass is 10.3. The molecule has 0 aliphatic carbocycles. The molecule has 0 saturated carbocycles. The number of ether oxygens (including phenoxy) is 1. The van der Waals surface area contributed by atoms with E-state index in [2.05, 4.69) is 30.3 Å². The summed E-state index contributed by atoms with van der Waals surface area (Å²) in [7, 11) is 1.66. The van der Waals surface area contributed by atoms with Gasteiger partial charge in [0.1, 0.15) is 0 Å². The zero-order valence-electron chi connectivity index (χ0n) is 14.7. The summed E-state index contributed by atoms with van der Waals surface area (Å²) >= 11 is 0. The molecule has 0 saturated heterocycles. The summed E-state index contributed by atoms with van der Waals surface area (Å²) in [6.07, 6.45) is -0.416. The third kappa shape index (κ3) is 9.40. The van der Waals surface area contributed by atoms with Crippen LogP contribution in [0.3, 0.4) is 0 Å². The van der Waals surface area contributed by atoms with E-state index in [-0.39, 0.29) is 29.9 Å². The van der Waals surface area contributed by atoms with E-state index in [9.17, 15) is 13.2 Å². The molecule has 10 heteroatoms. The second kappa shape index (κ2) is 11.6. The number of rotatable bonds is 7. The fourth-order valence-corrected chi connectivity index (χ4v) is 2.02. The molecular weight excluding hydrogens is 474 g/mol. The molecule has 2 N–H and O–H groups in total. The van der Waals surface area contributed by atoms with Crippen LogP contribution in [0.1, 0.15) is 11.3 Å². The Kier molecular flexibility index (Phi) is 9.83. The van der Waals surface area contributed by atoms with Crippen molar-refractivity contribution < 1.29 is 17.9 Å². The monoisotopic (exact) mass is 495 g/mol. The maximum absolute atomic E-state index is 12.1. The van der Waals surface area contributed by atoms with E-state index in [1.165, 1.54) is 12.3 Å². The summed E-state index contributed by atoms with van der Waals surface area (Å²) in [4.78, 5) is 12.2. The van der Waals surface area contributed by atoms with E-state index >= 15 is 0 Å². The maximum atomic E-state index is 12.1. The number of aromatic nitrogens is 2. The average Bonchev–Trinajstić information content (AvgIpc) is 2.64. The van der Waals surface area contributed by atoms with Gasteiger partial charge in [-0.25, -0.2) is 4.98 Å².